The molecule has 2 aromatic carbocycles. The number of rotatable bonds is 2. The number of hydrogen-bond donors (Lipinski definition) is 2. The number of hydrogen-bond acceptors (Lipinski definition) is 4. The van der Waals surface area contributed by atoms with Crippen LogP contribution in [0.25, 0.3) is 0 Å². The van der Waals surface area contributed by atoms with Crippen molar-refractivity contribution in [2.45, 2.75) is 19.8 Å². The largest absolute Gasteiger partial charge is 0.508 e. The monoisotopic (exact) mass is 402 g/mol. The summed E-state index contributed by atoms with van der Waals surface area (Å²) in [5.74, 6) is 1.21. The van der Waals surface area contributed by atoms with Crippen LogP contribution in [0.5, 0.6) is 11.5 Å². The molecule has 0 heterocycles. The van der Waals surface area contributed by atoms with Gasteiger partial charge < -0.3 is 10.2 Å². The first-order valence-electron chi connectivity index (χ1n) is 9.75. The van der Waals surface area contributed by atoms with E-state index in [-0.39, 0.29) is 17.5 Å². The SMILES string of the molecule is CC(C1=CCC(=O)C=C1)C1=CCC(=O)C=C1.Oc1ccccc1.Oc1ccccc1. The molecule has 2 aromatic rings. The number of carbonyl (C=O) groups is 2. The first-order valence-corrected chi connectivity index (χ1v) is 9.75. The Labute approximate surface area is 177 Å². The summed E-state index contributed by atoms with van der Waals surface area (Å²) >= 11 is 0. The number of aromatic hydroxyl groups is 2. The van der Waals surface area contributed by atoms with Gasteiger partial charge in [0.2, 0.25) is 0 Å². The molecule has 0 radical (unpaired) electrons. The van der Waals surface area contributed by atoms with Crippen LogP contribution in [0.1, 0.15) is 19.8 Å². The molecule has 2 aliphatic carbocycles. The molecule has 0 spiro atoms. The Kier molecular flexibility index (Phi) is 9.07. The average molecular weight is 402 g/mol. The number of phenolic OH excluding ortho intramolecular Hbond substituents is 2. The molecule has 30 heavy (non-hydrogen) atoms. The van der Waals surface area contributed by atoms with Crippen LogP contribution in [-0.4, -0.2) is 21.8 Å². The molecule has 2 aliphatic rings. The number of carbonyl (C=O) groups excluding carboxylic acids is 2. The fourth-order valence-electron chi connectivity index (χ4n) is 2.78. The number of allylic oxidation sites excluding steroid dienone is 8. The highest BCUT2D eigenvalue weighted by Gasteiger charge is 2.15. The van der Waals surface area contributed by atoms with Crippen molar-refractivity contribution in [1.29, 1.82) is 0 Å². The predicted molar refractivity (Wildman–Crippen MR) is 119 cm³/mol. The van der Waals surface area contributed by atoms with Gasteiger partial charge in [-0.25, -0.2) is 0 Å². The normalized spacial score (nSPS) is 14.7. The summed E-state index contributed by atoms with van der Waals surface area (Å²) in [6.07, 6.45) is 11.9. The van der Waals surface area contributed by atoms with Crippen molar-refractivity contribution in [2.75, 3.05) is 0 Å². The highest BCUT2D eigenvalue weighted by atomic mass is 16.3. The van der Waals surface area contributed by atoms with E-state index in [9.17, 15) is 9.59 Å². The second-order valence-electron chi connectivity index (χ2n) is 6.81. The second kappa shape index (κ2) is 12.0. The van der Waals surface area contributed by atoms with Gasteiger partial charge in [0.15, 0.2) is 11.6 Å². The molecule has 4 rings (SSSR count). The maximum Gasteiger partial charge on any atom is 0.159 e. The average Bonchev–Trinajstić information content (AvgIpc) is 2.76. The third-order valence-corrected chi connectivity index (χ3v) is 4.51. The number of ketones is 2. The number of phenols is 2. The fourth-order valence-corrected chi connectivity index (χ4v) is 2.78. The zero-order valence-corrected chi connectivity index (χ0v) is 16.9. The molecular weight excluding hydrogens is 376 g/mol. The number of para-hydroxylation sites is 2. The van der Waals surface area contributed by atoms with Gasteiger partial charge in [0.05, 0.1) is 0 Å². The van der Waals surface area contributed by atoms with Gasteiger partial charge in [-0.3, -0.25) is 9.59 Å². The lowest BCUT2D eigenvalue weighted by atomic mass is 9.86. The molecule has 154 valence electrons. The summed E-state index contributed by atoms with van der Waals surface area (Å²) in [6, 6.07) is 17.4. The van der Waals surface area contributed by atoms with Gasteiger partial charge in [-0.2, -0.15) is 0 Å². The van der Waals surface area contributed by atoms with Crippen molar-refractivity contribution < 1.29 is 19.8 Å². The first kappa shape index (κ1) is 22.6. The maximum absolute atomic E-state index is 11.0. The standard InChI is InChI=1S/C14H14O2.2C6H6O/c1-10(11-2-6-13(15)7-3-11)12-4-8-14(16)9-5-12;2*7-6-4-2-1-3-5-6/h2-6,8,10H,7,9H2,1H3;2*1-5,7H. The third-order valence-electron chi connectivity index (χ3n) is 4.51. The van der Waals surface area contributed by atoms with E-state index in [1.165, 1.54) is 0 Å². The van der Waals surface area contributed by atoms with Gasteiger partial charge in [-0.15, -0.1) is 0 Å². The third kappa shape index (κ3) is 8.15. The molecule has 4 nitrogen and oxygen atoms in total. The Morgan fingerprint density at radius 1 is 0.633 bits per heavy atom. The van der Waals surface area contributed by atoms with Crippen molar-refractivity contribution >= 4 is 11.6 Å². The van der Waals surface area contributed by atoms with Crippen molar-refractivity contribution in [2.24, 2.45) is 5.92 Å². The second-order valence-corrected chi connectivity index (χ2v) is 6.81. The Morgan fingerprint density at radius 3 is 1.23 bits per heavy atom. The van der Waals surface area contributed by atoms with Crippen LogP contribution in [0.3, 0.4) is 0 Å². The maximum atomic E-state index is 11.0. The topological polar surface area (TPSA) is 74.6 Å². The van der Waals surface area contributed by atoms with Crippen LogP contribution in [0.15, 0.2) is 108 Å². The molecule has 0 amide bonds. The van der Waals surface area contributed by atoms with Crippen LogP contribution in [0, 0.1) is 5.92 Å². The zero-order valence-electron chi connectivity index (χ0n) is 16.9. The quantitative estimate of drug-likeness (QED) is 0.713. The lowest BCUT2D eigenvalue weighted by Crippen LogP contribution is -2.08. The molecular formula is C26H26O4. The summed E-state index contributed by atoms with van der Waals surface area (Å²) in [6.45, 7) is 2.10. The van der Waals surface area contributed by atoms with E-state index >= 15 is 0 Å². The minimum atomic E-state index is 0.152. The molecule has 0 aromatic heterocycles. The van der Waals surface area contributed by atoms with E-state index < -0.39 is 0 Å². The van der Waals surface area contributed by atoms with Crippen LogP contribution in [-0.2, 0) is 9.59 Å². The molecule has 0 bridgehead atoms. The van der Waals surface area contributed by atoms with Crippen molar-refractivity contribution in [1.82, 2.24) is 0 Å². The Balaban J connectivity index is 0.000000188. The lowest BCUT2D eigenvalue weighted by Gasteiger charge is -2.18. The molecule has 0 fully saturated rings. The van der Waals surface area contributed by atoms with Gasteiger partial charge in [-0.05, 0) is 47.6 Å². The molecule has 4 heteroatoms. The van der Waals surface area contributed by atoms with E-state index in [1.807, 2.05) is 36.4 Å². The van der Waals surface area contributed by atoms with Crippen LogP contribution >= 0.6 is 0 Å². The van der Waals surface area contributed by atoms with Crippen LogP contribution < -0.4 is 0 Å². The molecule has 0 aliphatic heterocycles. The van der Waals surface area contributed by atoms with Crippen molar-refractivity contribution in [3.8, 4) is 11.5 Å². The van der Waals surface area contributed by atoms with E-state index in [1.54, 1.807) is 60.7 Å². The smallest absolute Gasteiger partial charge is 0.159 e. The Hall–Kier alpha value is -3.66. The summed E-state index contributed by atoms with van der Waals surface area (Å²) < 4.78 is 0. The van der Waals surface area contributed by atoms with E-state index in [0.717, 1.165) is 11.1 Å². The van der Waals surface area contributed by atoms with Gasteiger partial charge in [0, 0.05) is 18.8 Å². The summed E-state index contributed by atoms with van der Waals surface area (Å²) in [7, 11) is 0. The lowest BCUT2D eigenvalue weighted by molar-refractivity contribution is -0.114. The summed E-state index contributed by atoms with van der Waals surface area (Å²) in [4.78, 5) is 22.1. The minimum absolute atomic E-state index is 0.152. The van der Waals surface area contributed by atoms with Crippen molar-refractivity contribution in [3.63, 3.8) is 0 Å². The summed E-state index contributed by atoms with van der Waals surface area (Å²) in [5.41, 5.74) is 2.31. The van der Waals surface area contributed by atoms with Crippen LogP contribution in [0.2, 0.25) is 0 Å². The van der Waals surface area contributed by atoms with E-state index in [0.29, 0.717) is 24.3 Å². The molecule has 0 atom stereocenters. The van der Waals surface area contributed by atoms with Gasteiger partial charge in [0.25, 0.3) is 0 Å². The Morgan fingerprint density at radius 2 is 1.00 bits per heavy atom. The first-order chi connectivity index (χ1) is 14.5. The summed E-state index contributed by atoms with van der Waals surface area (Å²) in [5, 5.41) is 17.3. The fraction of sp³-hybridized carbons (Fsp3) is 0.154. The van der Waals surface area contributed by atoms with Gasteiger partial charge >= 0.3 is 0 Å². The van der Waals surface area contributed by atoms with Crippen LogP contribution in [0.4, 0.5) is 0 Å². The van der Waals surface area contributed by atoms with E-state index in [2.05, 4.69) is 6.92 Å². The number of benzene rings is 2. The molecule has 0 saturated heterocycles. The zero-order chi connectivity index (χ0) is 21.8. The Bertz CT molecular complexity index is 872. The van der Waals surface area contributed by atoms with Gasteiger partial charge in [-0.1, -0.05) is 67.6 Å². The highest BCUT2D eigenvalue weighted by Crippen LogP contribution is 2.26. The molecule has 0 saturated carbocycles. The van der Waals surface area contributed by atoms with E-state index in [4.69, 9.17) is 10.2 Å². The minimum Gasteiger partial charge on any atom is -0.508 e. The van der Waals surface area contributed by atoms with Gasteiger partial charge in [0.1, 0.15) is 11.5 Å². The van der Waals surface area contributed by atoms with Crippen molar-refractivity contribution in [3.05, 3.63) is 108 Å². The predicted octanol–water partition coefficient (Wildman–Crippen LogP) is 5.32. The molecule has 2 N–H and O–H groups in total. The highest BCUT2D eigenvalue weighted by molar-refractivity contribution is 5.93. The molecule has 0 unspecified atom stereocenters.